The molecule has 0 bridgehead atoms. The van der Waals surface area contributed by atoms with Crippen molar-refractivity contribution < 1.29 is 14.6 Å². The number of benzene rings is 2. The van der Waals surface area contributed by atoms with Crippen LogP contribution in [-0.2, 0) is 4.79 Å². The molecule has 0 atom stereocenters. The van der Waals surface area contributed by atoms with Crippen molar-refractivity contribution in [3.05, 3.63) is 71.8 Å². The highest BCUT2D eigenvalue weighted by Gasteiger charge is 2.12. The van der Waals surface area contributed by atoms with Gasteiger partial charge in [-0.1, -0.05) is 36.9 Å². The molecule has 0 radical (unpaired) electrons. The molecule has 4 nitrogen and oxygen atoms in total. The molecule has 3 aromatic rings. The Balaban J connectivity index is 1.93. The van der Waals surface area contributed by atoms with E-state index in [2.05, 4.69) is 11.6 Å². The van der Waals surface area contributed by atoms with E-state index in [1.54, 1.807) is 6.08 Å². The van der Waals surface area contributed by atoms with E-state index in [4.69, 9.17) is 4.74 Å². The maximum absolute atomic E-state index is 11.3. The molecular formula is C20H17NO3S. The molecule has 0 unspecified atom stereocenters. The van der Waals surface area contributed by atoms with Gasteiger partial charge in [0.25, 0.3) is 0 Å². The standard InChI is InChI=1S/C20H17NO3S/c1-2-11-24-16-9-7-14(8-10-16)12-15(13-19(22)23)20-21-17-5-3-4-6-18(17)25-20/h2-10,12H,1,11,13H2,(H,22,23)/b15-12-. The summed E-state index contributed by atoms with van der Waals surface area (Å²) in [7, 11) is 0. The molecule has 0 fully saturated rings. The minimum atomic E-state index is -0.878. The Hall–Kier alpha value is -2.92. The van der Waals surface area contributed by atoms with Gasteiger partial charge in [-0.2, -0.15) is 0 Å². The van der Waals surface area contributed by atoms with Crippen molar-refractivity contribution in [2.75, 3.05) is 6.61 Å². The SMILES string of the molecule is C=CCOc1ccc(/C=C(/CC(=O)O)c2nc3ccccc3s2)cc1. The number of hydrogen-bond donors (Lipinski definition) is 1. The average molecular weight is 351 g/mol. The van der Waals surface area contributed by atoms with E-state index >= 15 is 0 Å². The third-order valence-electron chi connectivity index (χ3n) is 3.50. The number of carbonyl (C=O) groups is 1. The number of aromatic nitrogens is 1. The van der Waals surface area contributed by atoms with Crippen LogP contribution in [0.4, 0.5) is 0 Å². The van der Waals surface area contributed by atoms with Crippen molar-refractivity contribution in [2.45, 2.75) is 6.42 Å². The van der Waals surface area contributed by atoms with Crippen molar-refractivity contribution in [3.8, 4) is 5.75 Å². The van der Waals surface area contributed by atoms with Crippen molar-refractivity contribution >= 4 is 39.2 Å². The van der Waals surface area contributed by atoms with E-state index in [9.17, 15) is 9.90 Å². The van der Waals surface area contributed by atoms with Crippen molar-refractivity contribution in [2.24, 2.45) is 0 Å². The van der Waals surface area contributed by atoms with Crippen LogP contribution in [0.3, 0.4) is 0 Å². The van der Waals surface area contributed by atoms with Crippen LogP contribution < -0.4 is 4.74 Å². The number of hydrogen-bond acceptors (Lipinski definition) is 4. The number of nitrogens with zero attached hydrogens (tertiary/aromatic N) is 1. The summed E-state index contributed by atoms with van der Waals surface area (Å²) in [5, 5.41) is 9.98. The molecule has 1 aromatic heterocycles. The molecule has 0 aliphatic rings. The second-order valence-electron chi connectivity index (χ2n) is 5.40. The highest BCUT2D eigenvalue weighted by molar-refractivity contribution is 7.19. The molecule has 0 aliphatic heterocycles. The highest BCUT2D eigenvalue weighted by atomic mass is 32.1. The topological polar surface area (TPSA) is 59.4 Å². The normalized spacial score (nSPS) is 11.4. The van der Waals surface area contributed by atoms with E-state index < -0.39 is 5.97 Å². The molecule has 0 aliphatic carbocycles. The quantitative estimate of drug-likeness (QED) is 0.617. The van der Waals surface area contributed by atoms with Crippen LogP contribution in [0.15, 0.2) is 61.2 Å². The summed E-state index contributed by atoms with van der Waals surface area (Å²) in [6, 6.07) is 15.3. The molecule has 25 heavy (non-hydrogen) atoms. The fourth-order valence-corrected chi connectivity index (χ4v) is 3.36. The fraction of sp³-hybridized carbons (Fsp3) is 0.100. The average Bonchev–Trinajstić information content (AvgIpc) is 3.04. The first-order chi connectivity index (χ1) is 12.2. The maximum atomic E-state index is 11.3. The second-order valence-corrected chi connectivity index (χ2v) is 6.43. The molecule has 1 N–H and O–H groups in total. The van der Waals surface area contributed by atoms with Gasteiger partial charge >= 0.3 is 5.97 Å². The van der Waals surface area contributed by atoms with Crippen LogP contribution in [0.5, 0.6) is 5.75 Å². The van der Waals surface area contributed by atoms with Crippen LogP contribution in [0.25, 0.3) is 21.9 Å². The lowest BCUT2D eigenvalue weighted by Gasteiger charge is -2.04. The first-order valence-electron chi connectivity index (χ1n) is 7.78. The molecule has 0 amide bonds. The number of fused-ring (bicyclic) bond motifs is 1. The number of aliphatic carboxylic acids is 1. The lowest BCUT2D eigenvalue weighted by Crippen LogP contribution is -1.97. The summed E-state index contributed by atoms with van der Waals surface area (Å²) in [5.74, 6) is -0.131. The largest absolute Gasteiger partial charge is 0.490 e. The molecule has 0 saturated heterocycles. The summed E-state index contributed by atoms with van der Waals surface area (Å²) < 4.78 is 6.50. The molecular weight excluding hydrogens is 334 g/mol. The summed E-state index contributed by atoms with van der Waals surface area (Å²) in [4.78, 5) is 15.8. The van der Waals surface area contributed by atoms with Gasteiger partial charge < -0.3 is 9.84 Å². The van der Waals surface area contributed by atoms with Crippen LogP contribution in [0, 0.1) is 0 Å². The van der Waals surface area contributed by atoms with Gasteiger partial charge in [0.05, 0.1) is 16.6 Å². The molecule has 5 heteroatoms. The van der Waals surface area contributed by atoms with Crippen molar-refractivity contribution in [1.29, 1.82) is 0 Å². The predicted octanol–water partition coefficient (Wildman–Crippen LogP) is 4.88. The molecule has 1 heterocycles. The number of ether oxygens (including phenoxy) is 1. The first-order valence-corrected chi connectivity index (χ1v) is 8.59. The molecule has 3 rings (SSSR count). The van der Waals surface area contributed by atoms with Crippen LogP contribution in [-0.4, -0.2) is 22.7 Å². The number of thiazole rings is 1. The van der Waals surface area contributed by atoms with E-state index in [-0.39, 0.29) is 6.42 Å². The zero-order valence-corrected chi connectivity index (χ0v) is 14.3. The van der Waals surface area contributed by atoms with Gasteiger partial charge in [0.1, 0.15) is 17.4 Å². The van der Waals surface area contributed by atoms with Gasteiger partial charge in [-0.3, -0.25) is 4.79 Å². The van der Waals surface area contributed by atoms with E-state index in [0.29, 0.717) is 12.2 Å². The Morgan fingerprint density at radius 2 is 1.96 bits per heavy atom. The monoisotopic (exact) mass is 351 g/mol. The van der Waals surface area contributed by atoms with Crippen LogP contribution >= 0.6 is 11.3 Å². The van der Waals surface area contributed by atoms with Gasteiger partial charge in [0.15, 0.2) is 0 Å². The summed E-state index contributed by atoms with van der Waals surface area (Å²) in [6.45, 7) is 4.07. The van der Waals surface area contributed by atoms with Gasteiger partial charge in [0, 0.05) is 0 Å². The first kappa shape index (κ1) is 16.9. The second kappa shape index (κ2) is 7.77. The van der Waals surface area contributed by atoms with Crippen LogP contribution in [0.2, 0.25) is 0 Å². The van der Waals surface area contributed by atoms with Gasteiger partial charge in [-0.15, -0.1) is 11.3 Å². The van der Waals surface area contributed by atoms with Crippen LogP contribution in [0.1, 0.15) is 17.0 Å². The molecule has 2 aromatic carbocycles. The number of rotatable bonds is 7. The molecule has 0 spiro atoms. The third kappa shape index (κ3) is 4.33. The lowest BCUT2D eigenvalue weighted by atomic mass is 10.1. The zero-order valence-electron chi connectivity index (χ0n) is 13.5. The van der Waals surface area contributed by atoms with E-state index in [1.807, 2.05) is 54.6 Å². The molecule has 126 valence electrons. The maximum Gasteiger partial charge on any atom is 0.307 e. The minimum absolute atomic E-state index is 0.0749. The Kier molecular flexibility index (Phi) is 5.26. The number of carboxylic acids is 1. The highest BCUT2D eigenvalue weighted by Crippen LogP contribution is 2.30. The molecule has 0 saturated carbocycles. The summed E-state index contributed by atoms with van der Waals surface area (Å²) in [5.41, 5.74) is 2.47. The van der Waals surface area contributed by atoms with Gasteiger partial charge in [-0.25, -0.2) is 4.98 Å². The summed E-state index contributed by atoms with van der Waals surface area (Å²) >= 11 is 1.50. The number of carboxylic acid groups (broad SMARTS) is 1. The third-order valence-corrected chi connectivity index (χ3v) is 4.61. The predicted molar refractivity (Wildman–Crippen MR) is 102 cm³/mol. The Bertz CT molecular complexity index is 893. The van der Waals surface area contributed by atoms with Gasteiger partial charge in [-0.05, 0) is 41.5 Å². The smallest absolute Gasteiger partial charge is 0.307 e. The van der Waals surface area contributed by atoms with Crippen molar-refractivity contribution in [1.82, 2.24) is 4.98 Å². The summed E-state index contributed by atoms with van der Waals surface area (Å²) in [6.07, 6.45) is 3.48. The minimum Gasteiger partial charge on any atom is -0.490 e. The fourth-order valence-electron chi connectivity index (χ4n) is 2.38. The Morgan fingerprint density at radius 3 is 2.64 bits per heavy atom. The Morgan fingerprint density at radius 1 is 1.20 bits per heavy atom. The van der Waals surface area contributed by atoms with E-state index in [0.717, 1.165) is 26.5 Å². The number of para-hydroxylation sites is 1. The van der Waals surface area contributed by atoms with E-state index in [1.165, 1.54) is 11.3 Å². The lowest BCUT2D eigenvalue weighted by molar-refractivity contribution is -0.135. The van der Waals surface area contributed by atoms with Crippen molar-refractivity contribution in [3.63, 3.8) is 0 Å². The zero-order chi connectivity index (χ0) is 17.6. The van der Waals surface area contributed by atoms with Gasteiger partial charge in [0.2, 0.25) is 0 Å². The Labute approximate surface area is 149 Å².